The normalized spacial score (nSPS) is 13.0. The summed E-state index contributed by atoms with van der Waals surface area (Å²) in [5.41, 5.74) is 1.06. The number of carbonyl (C=O) groups excluding carboxylic acids is 3. The van der Waals surface area contributed by atoms with Gasteiger partial charge in [0.2, 0.25) is 5.91 Å². The lowest BCUT2D eigenvalue weighted by Crippen LogP contribution is -2.32. The topological polar surface area (TPSA) is 97.2 Å². The molecule has 0 saturated carbocycles. The zero-order valence-electron chi connectivity index (χ0n) is 14.8. The van der Waals surface area contributed by atoms with Gasteiger partial charge in [0.05, 0.1) is 11.1 Å². The Morgan fingerprint density at radius 1 is 1.10 bits per heavy atom. The molecule has 29 heavy (non-hydrogen) atoms. The maximum absolute atomic E-state index is 14.2. The molecule has 0 spiro atoms. The van der Waals surface area contributed by atoms with Crippen molar-refractivity contribution >= 4 is 39.3 Å². The molecule has 0 atom stereocenters. The molecule has 1 aliphatic rings. The van der Waals surface area contributed by atoms with E-state index < -0.39 is 23.5 Å². The van der Waals surface area contributed by atoms with Crippen LogP contribution in [0.2, 0.25) is 0 Å². The second-order valence-electron chi connectivity index (χ2n) is 6.26. The van der Waals surface area contributed by atoms with Gasteiger partial charge in [0.1, 0.15) is 18.3 Å². The molecule has 0 aliphatic carbocycles. The molecule has 0 bridgehead atoms. The van der Waals surface area contributed by atoms with E-state index in [1.807, 2.05) is 0 Å². The molecule has 0 radical (unpaired) electrons. The van der Waals surface area contributed by atoms with Gasteiger partial charge in [-0.05, 0) is 36.4 Å². The number of hydrogen-bond acceptors (Lipinski definition) is 5. The molecule has 0 unspecified atom stereocenters. The fourth-order valence-electron chi connectivity index (χ4n) is 3.01. The molecule has 2 heterocycles. The first kappa shape index (κ1) is 18.9. The van der Waals surface area contributed by atoms with E-state index in [-0.39, 0.29) is 24.3 Å². The summed E-state index contributed by atoms with van der Waals surface area (Å²) in [5.74, 6) is -1.91. The molecule has 1 N–H and O–H groups in total. The lowest BCUT2D eigenvalue weighted by atomic mass is 10.1. The number of rotatable bonds is 5. The van der Waals surface area contributed by atoms with E-state index in [0.29, 0.717) is 15.6 Å². The van der Waals surface area contributed by atoms with Gasteiger partial charge >= 0.3 is 0 Å². The van der Waals surface area contributed by atoms with Crippen LogP contribution in [0.15, 0.2) is 53.5 Å². The molecule has 4 rings (SSSR count). The van der Waals surface area contributed by atoms with Crippen LogP contribution in [-0.4, -0.2) is 43.9 Å². The third kappa shape index (κ3) is 3.66. The van der Waals surface area contributed by atoms with Crippen molar-refractivity contribution in [1.29, 1.82) is 0 Å². The van der Waals surface area contributed by atoms with Crippen molar-refractivity contribution in [3.8, 4) is 5.69 Å². The maximum Gasteiger partial charge on any atom is 0.261 e. The van der Waals surface area contributed by atoms with Gasteiger partial charge in [0.15, 0.2) is 5.82 Å². The summed E-state index contributed by atoms with van der Waals surface area (Å²) in [4.78, 5) is 41.8. The minimum absolute atomic E-state index is 0.0741. The number of nitrogens with zero attached hydrogens (tertiary/aromatic N) is 4. The van der Waals surface area contributed by atoms with Gasteiger partial charge in [-0.15, -0.1) is 0 Å². The first-order chi connectivity index (χ1) is 13.9. The van der Waals surface area contributed by atoms with Gasteiger partial charge in [-0.3, -0.25) is 19.3 Å². The summed E-state index contributed by atoms with van der Waals surface area (Å²) < 4.78 is 16.2. The molecule has 8 nitrogen and oxygen atoms in total. The summed E-state index contributed by atoms with van der Waals surface area (Å²) >= 11 is 3.27. The molecule has 146 valence electrons. The molecular formula is C19H13BrFN5O3. The van der Waals surface area contributed by atoms with Gasteiger partial charge in [-0.1, -0.05) is 15.9 Å². The third-order valence-corrected chi connectivity index (χ3v) is 4.89. The molecule has 1 aromatic heterocycles. The molecule has 3 aromatic rings. The van der Waals surface area contributed by atoms with Crippen LogP contribution in [0, 0.1) is 5.82 Å². The fourth-order valence-corrected chi connectivity index (χ4v) is 3.37. The second-order valence-corrected chi connectivity index (χ2v) is 7.17. The van der Waals surface area contributed by atoms with Crippen molar-refractivity contribution in [2.45, 2.75) is 6.42 Å². The standard InChI is InChI=1S/C19H13BrFN5O3/c20-11-1-3-13-14(7-11)19(29)25(18(13)28)6-5-17(27)24-12-2-4-16(15(21)8-12)26-10-22-9-23-26/h1-4,7-10H,5-6H2,(H,24,27). The van der Waals surface area contributed by atoms with Crippen LogP contribution in [0.4, 0.5) is 10.1 Å². The van der Waals surface area contributed by atoms with Gasteiger partial charge in [-0.2, -0.15) is 5.10 Å². The summed E-state index contributed by atoms with van der Waals surface area (Å²) in [7, 11) is 0. The Bertz CT molecular complexity index is 1130. The quantitative estimate of drug-likeness (QED) is 0.594. The lowest BCUT2D eigenvalue weighted by molar-refractivity contribution is -0.116. The average molecular weight is 458 g/mol. The molecule has 0 saturated heterocycles. The highest BCUT2D eigenvalue weighted by Crippen LogP contribution is 2.26. The van der Waals surface area contributed by atoms with Crippen molar-refractivity contribution < 1.29 is 18.8 Å². The van der Waals surface area contributed by atoms with Crippen molar-refractivity contribution in [1.82, 2.24) is 19.7 Å². The van der Waals surface area contributed by atoms with Gasteiger partial charge < -0.3 is 5.32 Å². The van der Waals surface area contributed by atoms with Crippen LogP contribution in [0.1, 0.15) is 27.1 Å². The Morgan fingerprint density at radius 3 is 2.62 bits per heavy atom. The van der Waals surface area contributed by atoms with Crippen molar-refractivity contribution in [3.05, 3.63) is 70.5 Å². The molecule has 0 fully saturated rings. The Balaban J connectivity index is 1.39. The smallest absolute Gasteiger partial charge is 0.261 e. The number of hydrogen-bond donors (Lipinski definition) is 1. The number of benzene rings is 2. The van der Waals surface area contributed by atoms with E-state index in [0.717, 1.165) is 11.0 Å². The van der Waals surface area contributed by atoms with E-state index in [2.05, 4.69) is 31.3 Å². The minimum atomic E-state index is -0.584. The van der Waals surface area contributed by atoms with E-state index in [4.69, 9.17) is 0 Å². The molecule has 1 aliphatic heterocycles. The van der Waals surface area contributed by atoms with Crippen LogP contribution in [-0.2, 0) is 4.79 Å². The van der Waals surface area contributed by atoms with Gasteiger partial charge in [0.25, 0.3) is 11.8 Å². The van der Waals surface area contributed by atoms with Crippen LogP contribution in [0.3, 0.4) is 0 Å². The average Bonchev–Trinajstić information content (AvgIpc) is 3.29. The molecule has 2 aromatic carbocycles. The minimum Gasteiger partial charge on any atom is -0.326 e. The second kappa shape index (κ2) is 7.55. The Morgan fingerprint density at radius 2 is 1.90 bits per heavy atom. The first-order valence-corrected chi connectivity index (χ1v) is 9.33. The van der Waals surface area contributed by atoms with Crippen LogP contribution < -0.4 is 5.32 Å². The largest absolute Gasteiger partial charge is 0.326 e. The number of amides is 3. The Labute approximate surface area is 172 Å². The number of carbonyl (C=O) groups is 3. The number of aromatic nitrogens is 3. The maximum atomic E-state index is 14.2. The highest BCUT2D eigenvalue weighted by Gasteiger charge is 2.35. The van der Waals surface area contributed by atoms with E-state index in [9.17, 15) is 18.8 Å². The zero-order valence-corrected chi connectivity index (χ0v) is 16.4. The predicted molar refractivity (Wildman–Crippen MR) is 104 cm³/mol. The number of halogens is 2. The fraction of sp³-hybridized carbons (Fsp3) is 0.105. The SMILES string of the molecule is O=C(CCN1C(=O)c2ccc(Br)cc2C1=O)Nc1ccc(-n2cncn2)c(F)c1. The van der Waals surface area contributed by atoms with Gasteiger partial charge in [-0.25, -0.2) is 14.1 Å². The summed E-state index contributed by atoms with van der Waals surface area (Å²) in [6.45, 7) is -0.0741. The monoisotopic (exact) mass is 457 g/mol. The van der Waals surface area contributed by atoms with E-state index >= 15 is 0 Å². The van der Waals surface area contributed by atoms with E-state index in [1.54, 1.807) is 18.2 Å². The number of imide groups is 1. The zero-order chi connectivity index (χ0) is 20.5. The van der Waals surface area contributed by atoms with Crippen LogP contribution in [0.5, 0.6) is 0 Å². The highest BCUT2D eigenvalue weighted by molar-refractivity contribution is 9.10. The van der Waals surface area contributed by atoms with Crippen LogP contribution >= 0.6 is 15.9 Å². The predicted octanol–water partition coefficient (Wildman–Crippen LogP) is 2.79. The number of nitrogens with one attached hydrogen (secondary N) is 1. The molecular weight excluding hydrogens is 445 g/mol. The van der Waals surface area contributed by atoms with Crippen LogP contribution in [0.25, 0.3) is 5.69 Å². The van der Waals surface area contributed by atoms with E-state index in [1.165, 1.54) is 29.5 Å². The van der Waals surface area contributed by atoms with Crippen molar-refractivity contribution in [3.63, 3.8) is 0 Å². The van der Waals surface area contributed by atoms with Crippen molar-refractivity contribution in [2.24, 2.45) is 0 Å². The highest BCUT2D eigenvalue weighted by atomic mass is 79.9. The molecule has 3 amide bonds. The summed E-state index contributed by atoms with van der Waals surface area (Å²) in [6.07, 6.45) is 2.53. The lowest BCUT2D eigenvalue weighted by Gasteiger charge is -2.13. The first-order valence-electron chi connectivity index (χ1n) is 8.54. The Hall–Kier alpha value is -3.40. The van der Waals surface area contributed by atoms with Crippen molar-refractivity contribution in [2.75, 3.05) is 11.9 Å². The van der Waals surface area contributed by atoms with Gasteiger partial charge in [0, 0.05) is 23.1 Å². The molecule has 10 heteroatoms. The summed E-state index contributed by atoms with van der Waals surface area (Å²) in [6, 6.07) is 8.97. The number of anilines is 1. The summed E-state index contributed by atoms with van der Waals surface area (Å²) in [5, 5.41) is 6.41. The number of fused-ring (bicyclic) bond motifs is 1. The Kier molecular flexibility index (Phi) is 4.93. The third-order valence-electron chi connectivity index (χ3n) is 4.39.